The first-order valence-corrected chi connectivity index (χ1v) is 16.3. The topological polar surface area (TPSA) is 117 Å². The second-order valence-corrected chi connectivity index (χ2v) is 15.2. The number of fused-ring (bicyclic) bond motifs is 6. The van der Waals surface area contributed by atoms with E-state index in [1.807, 2.05) is 24.4 Å². The summed E-state index contributed by atoms with van der Waals surface area (Å²) in [6.45, 7) is 15.3. The number of hydrogen-bond donors (Lipinski definition) is 2. The fourth-order valence-electron chi connectivity index (χ4n) is 5.99. The van der Waals surface area contributed by atoms with Crippen LogP contribution in [0.5, 0.6) is 0 Å². The van der Waals surface area contributed by atoms with E-state index in [2.05, 4.69) is 74.5 Å². The molecule has 3 aromatic rings. The molecule has 228 valence electrons. The molecular weight excluding hydrogens is 560 g/mol. The van der Waals surface area contributed by atoms with Crippen LogP contribution in [0, 0.1) is 5.92 Å². The molecule has 3 aromatic heterocycles. The zero-order valence-corrected chi connectivity index (χ0v) is 26.9. The van der Waals surface area contributed by atoms with Gasteiger partial charge in [0.25, 0.3) is 15.9 Å². The Bertz CT molecular complexity index is 1650. The third kappa shape index (κ3) is 6.74. The first-order chi connectivity index (χ1) is 20.1. The SMILES string of the molecule is CC(C)=Cc1ccc(C2CC[C@@H]3CN(c4nc(C(C)(C)C)ccc4C(=O)NS(=O)(=O)c4cccc(n4)N2)C(C)(C)C3)nc1. The Hall–Kier alpha value is -3.79. The number of amides is 1. The van der Waals surface area contributed by atoms with Crippen molar-refractivity contribution in [3.8, 4) is 0 Å². The Morgan fingerprint density at radius 1 is 1.05 bits per heavy atom. The molecule has 2 atom stereocenters. The van der Waals surface area contributed by atoms with Crippen LogP contribution in [0.25, 0.3) is 6.08 Å². The van der Waals surface area contributed by atoms with Crippen molar-refractivity contribution in [2.24, 2.45) is 5.92 Å². The summed E-state index contributed by atoms with van der Waals surface area (Å²) in [6.07, 6.45) is 6.51. The van der Waals surface area contributed by atoms with Crippen molar-refractivity contribution in [3.63, 3.8) is 0 Å². The Kier molecular flexibility index (Phi) is 8.11. The van der Waals surface area contributed by atoms with Crippen LogP contribution in [-0.2, 0) is 15.4 Å². The quantitative estimate of drug-likeness (QED) is 0.353. The number of rotatable bonds is 2. The van der Waals surface area contributed by atoms with Crippen LogP contribution in [0.4, 0.5) is 11.6 Å². The van der Waals surface area contributed by atoms with E-state index in [1.54, 1.807) is 18.2 Å². The molecule has 1 fully saturated rings. The molecule has 5 rings (SSSR count). The monoisotopic (exact) mass is 602 g/mol. The molecule has 43 heavy (non-hydrogen) atoms. The van der Waals surface area contributed by atoms with Crippen molar-refractivity contribution in [1.29, 1.82) is 0 Å². The van der Waals surface area contributed by atoms with Crippen LogP contribution in [-0.4, -0.2) is 41.4 Å². The largest absolute Gasteiger partial charge is 0.362 e. The zero-order valence-electron chi connectivity index (χ0n) is 26.1. The van der Waals surface area contributed by atoms with Gasteiger partial charge in [0.1, 0.15) is 11.6 Å². The van der Waals surface area contributed by atoms with E-state index >= 15 is 0 Å². The number of nitrogens with zero attached hydrogens (tertiary/aromatic N) is 4. The maximum Gasteiger partial charge on any atom is 0.281 e. The van der Waals surface area contributed by atoms with Crippen LogP contribution in [0.2, 0.25) is 0 Å². The third-order valence-electron chi connectivity index (χ3n) is 8.14. The molecule has 2 aliphatic rings. The van der Waals surface area contributed by atoms with Crippen molar-refractivity contribution >= 4 is 33.6 Å². The maximum atomic E-state index is 13.6. The van der Waals surface area contributed by atoms with E-state index < -0.39 is 15.9 Å². The van der Waals surface area contributed by atoms with Gasteiger partial charge in [0.15, 0.2) is 5.03 Å². The van der Waals surface area contributed by atoms with Gasteiger partial charge in [-0.25, -0.2) is 14.7 Å². The van der Waals surface area contributed by atoms with Crippen LogP contribution >= 0.6 is 0 Å². The van der Waals surface area contributed by atoms with Gasteiger partial charge in [-0.15, -0.1) is 0 Å². The van der Waals surface area contributed by atoms with Gasteiger partial charge in [-0.1, -0.05) is 44.6 Å². The second-order valence-electron chi connectivity index (χ2n) is 13.6. The minimum Gasteiger partial charge on any atom is -0.362 e. The van der Waals surface area contributed by atoms with E-state index in [9.17, 15) is 13.2 Å². The molecule has 1 saturated heterocycles. The van der Waals surface area contributed by atoms with Crippen molar-refractivity contribution in [2.45, 2.75) is 89.8 Å². The van der Waals surface area contributed by atoms with Crippen molar-refractivity contribution in [3.05, 3.63) is 76.7 Å². The molecule has 4 bridgehead atoms. The lowest BCUT2D eigenvalue weighted by atomic mass is 9.90. The molecule has 0 aliphatic carbocycles. The zero-order chi connectivity index (χ0) is 31.2. The molecule has 2 N–H and O–H groups in total. The van der Waals surface area contributed by atoms with Gasteiger partial charge in [-0.3, -0.25) is 9.78 Å². The number of allylic oxidation sites excluding steroid dienone is 1. The highest BCUT2D eigenvalue weighted by atomic mass is 32.2. The predicted octanol–water partition coefficient (Wildman–Crippen LogP) is 6.26. The second kappa shape index (κ2) is 11.4. The maximum absolute atomic E-state index is 13.6. The van der Waals surface area contributed by atoms with E-state index in [1.165, 1.54) is 11.6 Å². The van der Waals surface area contributed by atoms with Gasteiger partial charge >= 0.3 is 0 Å². The lowest BCUT2D eigenvalue weighted by molar-refractivity contribution is 0.0981. The number of sulfonamides is 1. The van der Waals surface area contributed by atoms with E-state index in [-0.39, 0.29) is 27.6 Å². The molecule has 0 spiro atoms. The Morgan fingerprint density at radius 3 is 2.49 bits per heavy atom. The predicted molar refractivity (Wildman–Crippen MR) is 171 cm³/mol. The highest BCUT2D eigenvalue weighted by molar-refractivity contribution is 7.90. The molecule has 1 amide bonds. The highest BCUT2D eigenvalue weighted by Crippen LogP contribution is 2.41. The summed E-state index contributed by atoms with van der Waals surface area (Å²) in [5, 5.41) is 3.20. The number of aromatic nitrogens is 3. The molecule has 0 saturated carbocycles. The smallest absolute Gasteiger partial charge is 0.281 e. The first-order valence-electron chi connectivity index (χ1n) is 14.8. The fourth-order valence-corrected chi connectivity index (χ4v) is 6.93. The number of pyridine rings is 3. The van der Waals surface area contributed by atoms with Crippen LogP contribution < -0.4 is 14.9 Å². The summed E-state index contributed by atoms with van der Waals surface area (Å²) in [5.74, 6) is 0.509. The highest BCUT2D eigenvalue weighted by Gasteiger charge is 2.41. The third-order valence-corrected chi connectivity index (χ3v) is 9.37. The van der Waals surface area contributed by atoms with E-state index in [0.29, 0.717) is 24.1 Å². The summed E-state index contributed by atoms with van der Waals surface area (Å²) in [6, 6.07) is 12.1. The lowest BCUT2D eigenvalue weighted by Gasteiger charge is -2.34. The molecule has 9 nitrogen and oxygen atoms in total. The number of anilines is 2. The molecule has 1 unspecified atom stereocenters. The van der Waals surface area contributed by atoms with Gasteiger partial charge in [-0.2, -0.15) is 8.42 Å². The number of hydrogen-bond acceptors (Lipinski definition) is 8. The molecule has 0 aromatic carbocycles. The number of nitrogens with one attached hydrogen (secondary N) is 2. The minimum absolute atomic E-state index is 0.194. The number of carbonyl (C=O) groups is 1. The van der Waals surface area contributed by atoms with Gasteiger partial charge in [0.05, 0.1) is 17.3 Å². The van der Waals surface area contributed by atoms with Crippen LogP contribution in [0.15, 0.2) is 59.3 Å². The Labute approximate surface area is 255 Å². The summed E-state index contributed by atoms with van der Waals surface area (Å²) >= 11 is 0. The Morgan fingerprint density at radius 2 is 1.81 bits per heavy atom. The van der Waals surface area contributed by atoms with Crippen molar-refractivity contribution in [1.82, 2.24) is 19.7 Å². The molecule has 0 radical (unpaired) electrons. The van der Waals surface area contributed by atoms with E-state index in [0.717, 1.165) is 36.2 Å². The number of carbonyl (C=O) groups excluding carboxylic acids is 1. The van der Waals surface area contributed by atoms with Gasteiger partial charge in [0.2, 0.25) is 0 Å². The first kappa shape index (κ1) is 30.7. The molecule has 5 heterocycles. The average Bonchev–Trinajstić information content (AvgIpc) is 3.23. The molecular formula is C33H42N6O3S. The van der Waals surface area contributed by atoms with E-state index in [4.69, 9.17) is 9.97 Å². The Balaban J connectivity index is 1.60. The summed E-state index contributed by atoms with van der Waals surface area (Å²) in [5.41, 5.74) is 3.59. The summed E-state index contributed by atoms with van der Waals surface area (Å²) in [4.78, 5) is 30.0. The summed E-state index contributed by atoms with van der Waals surface area (Å²) in [7, 11) is -4.27. The molecule has 2 aliphatic heterocycles. The average molecular weight is 603 g/mol. The van der Waals surface area contributed by atoms with Crippen LogP contribution in [0.1, 0.15) is 101 Å². The van der Waals surface area contributed by atoms with Gasteiger partial charge in [-0.05, 0) is 88.8 Å². The minimum atomic E-state index is -4.27. The lowest BCUT2D eigenvalue weighted by Crippen LogP contribution is -2.41. The standard InChI is InChI=1S/C33H42N6O3S/c1-21(2)17-22-11-14-25(34-19-22)26-15-12-23-18-33(6,7)39(20-23)30-24(13-16-27(36-30)32(3,4)5)31(40)38-43(41,42)29-10-8-9-28(35-26)37-29/h8-11,13-14,16-17,19,23,26H,12,15,18,20H2,1-7H3,(H,35,37)(H,38,40)/t23-,26?/m0/s1. The summed E-state index contributed by atoms with van der Waals surface area (Å²) < 4.78 is 29.1. The van der Waals surface area contributed by atoms with Crippen LogP contribution in [0.3, 0.4) is 0 Å². The van der Waals surface area contributed by atoms with Crippen molar-refractivity contribution < 1.29 is 13.2 Å². The van der Waals surface area contributed by atoms with Crippen molar-refractivity contribution in [2.75, 3.05) is 16.8 Å². The molecule has 10 heteroatoms. The fraction of sp³-hybridized carbons (Fsp3) is 0.455. The normalized spacial score (nSPS) is 21.5. The van der Waals surface area contributed by atoms with Gasteiger partial charge < -0.3 is 10.2 Å². The van der Waals surface area contributed by atoms with Gasteiger partial charge in [0, 0.05) is 29.4 Å².